The maximum atomic E-state index is 12.1. The molecule has 24 heavy (non-hydrogen) atoms. The van der Waals surface area contributed by atoms with E-state index in [1.165, 1.54) is 25.1 Å². The molecule has 1 aromatic carbocycles. The average Bonchev–Trinajstić information content (AvgIpc) is 2.80. The van der Waals surface area contributed by atoms with Crippen molar-refractivity contribution in [3.8, 4) is 0 Å². The molecule has 0 unspecified atom stereocenters. The number of anilines is 1. The van der Waals surface area contributed by atoms with E-state index in [1.807, 2.05) is 0 Å². The molecule has 1 aromatic heterocycles. The van der Waals surface area contributed by atoms with Crippen LogP contribution in [-0.2, 0) is 17.8 Å². The second kappa shape index (κ2) is 7.61. The van der Waals surface area contributed by atoms with Crippen LogP contribution in [-0.4, -0.2) is 32.2 Å². The van der Waals surface area contributed by atoms with Gasteiger partial charge in [0.2, 0.25) is 5.91 Å². The lowest BCUT2D eigenvalue weighted by Gasteiger charge is -2.07. The summed E-state index contributed by atoms with van der Waals surface area (Å²) in [5.41, 5.74) is 1.32. The summed E-state index contributed by atoms with van der Waals surface area (Å²) in [5, 5.41) is 12.1. The van der Waals surface area contributed by atoms with E-state index in [0.29, 0.717) is 11.3 Å². The SMILES string of the molecule is CC(=O)c1ccc(NC(=O)CSc2nnc3n2CCCCC3)cc1. The fourth-order valence-electron chi connectivity index (χ4n) is 2.68. The van der Waals surface area contributed by atoms with Gasteiger partial charge in [0.25, 0.3) is 0 Å². The molecule has 0 spiro atoms. The zero-order valence-corrected chi connectivity index (χ0v) is 14.4. The van der Waals surface area contributed by atoms with Gasteiger partial charge in [-0.15, -0.1) is 10.2 Å². The Morgan fingerprint density at radius 3 is 2.71 bits per heavy atom. The molecule has 0 saturated heterocycles. The standard InChI is InChI=1S/C17H20N4O2S/c1-12(22)13-6-8-14(9-7-13)18-16(23)11-24-17-20-19-15-5-3-2-4-10-21(15)17/h6-9H,2-5,10-11H2,1H3,(H,18,23). The summed E-state index contributed by atoms with van der Waals surface area (Å²) < 4.78 is 2.13. The van der Waals surface area contributed by atoms with E-state index in [2.05, 4.69) is 20.1 Å². The Morgan fingerprint density at radius 1 is 1.17 bits per heavy atom. The monoisotopic (exact) mass is 344 g/mol. The van der Waals surface area contributed by atoms with Gasteiger partial charge in [-0.2, -0.15) is 0 Å². The predicted molar refractivity (Wildman–Crippen MR) is 93.4 cm³/mol. The quantitative estimate of drug-likeness (QED) is 0.666. The number of nitrogens with one attached hydrogen (secondary N) is 1. The zero-order valence-electron chi connectivity index (χ0n) is 13.6. The number of rotatable bonds is 5. The van der Waals surface area contributed by atoms with Crippen molar-refractivity contribution in [3.05, 3.63) is 35.7 Å². The van der Waals surface area contributed by atoms with Gasteiger partial charge in [-0.05, 0) is 44.0 Å². The highest BCUT2D eigenvalue weighted by Gasteiger charge is 2.16. The largest absolute Gasteiger partial charge is 0.325 e. The Morgan fingerprint density at radius 2 is 1.96 bits per heavy atom. The van der Waals surface area contributed by atoms with E-state index in [4.69, 9.17) is 0 Å². The Bertz CT molecular complexity index is 740. The Balaban J connectivity index is 1.56. The van der Waals surface area contributed by atoms with E-state index in [-0.39, 0.29) is 17.4 Å². The van der Waals surface area contributed by atoms with Gasteiger partial charge < -0.3 is 9.88 Å². The minimum atomic E-state index is -0.0958. The molecule has 0 saturated carbocycles. The third-order valence-corrected chi connectivity index (χ3v) is 4.95. The summed E-state index contributed by atoms with van der Waals surface area (Å²) in [7, 11) is 0. The number of aromatic nitrogens is 3. The Kier molecular flexibility index (Phi) is 5.30. The number of amides is 1. The number of ketones is 1. The average molecular weight is 344 g/mol. The van der Waals surface area contributed by atoms with Crippen LogP contribution in [0.4, 0.5) is 5.69 Å². The van der Waals surface area contributed by atoms with Gasteiger partial charge in [0.1, 0.15) is 5.82 Å². The Hall–Kier alpha value is -2.15. The van der Waals surface area contributed by atoms with Crippen LogP contribution in [0, 0.1) is 0 Å². The molecule has 126 valence electrons. The highest BCUT2D eigenvalue weighted by molar-refractivity contribution is 7.99. The minimum absolute atomic E-state index is 0.0101. The van der Waals surface area contributed by atoms with Crippen molar-refractivity contribution in [2.24, 2.45) is 0 Å². The molecule has 1 amide bonds. The number of hydrogen-bond donors (Lipinski definition) is 1. The zero-order chi connectivity index (χ0) is 16.9. The number of carbonyl (C=O) groups excluding carboxylic acids is 2. The van der Waals surface area contributed by atoms with Crippen LogP contribution in [0.25, 0.3) is 0 Å². The fraction of sp³-hybridized carbons (Fsp3) is 0.412. The van der Waals surface area contributed by atoms with Gasteiger partial charge in [0, 0.05) is 24.2 Å². The van der Waals surface area contributed by atoms with Crippen molar-refractivity contribution in [1.82, 2.24) is 14.8 Å². The summed E-state index contributed by atoms with van der Waals surface area (Å²) in [5.74, 6) is 1.22. The summed E-state index contributed by atoms with van der Waals surface area (Å²) in [4.78, 5) is 23.4. The molecule has 0 bridgehead atoms. The van der Waals surface area contributed by atoms with Crippen LogP contribution in [0.15, 0.2) is 29.4 Å². The molecule has 1 aliphatic heterocycles. The molecular weight excluding hydrogens is 324 g/mol. The van der Waals surface area contributed by atoms with Crippen LogP contribution in [0.2, 0.25) is 0 Å². The number of nitrogens with zero attached hydrogens (tertiary/aromatic N) is 3. The lowest BCUT2D eigenvalue weighted by molar-refractivity contribution is -0.113. The van der Waals surface area contributed by atoms with Crippen LogP contribution < -0.4 is 5.32 Å². The lowest BCUT2D eigenvalue weighted by atomic mass is 10.1. The van der Waals surface area contributed by atoms with Gasteiger partial charge in [-0.25, -0.2) is 0 Å². The molecule has 7 heteroatoms. The number of benzene rings is 1. The van der Waals surface area contributed by atoms with Crippen LogP contribution in [0.1, 0.15) is 42.4 Å². The van der Waals surface area contributed by atoms with Crippen molar-refractivity contribution >= 4 is 29.1 Å². The third-order valence-electron chi connectivity index (χ3n) is 3.98. The van der Waals surface area contributed by atoms with Gasteiger partial charge in [-0.3, -0.25) is 9.59 Å². The number of carbonyl (C=O) groups is 2. The van der Waals surface area contributed by atoms with Crippen LogP contribution in [0.5, 0.6) is 0 Å². The van der Waals surface area contributed by atoms with Crippen LogP contribution >= 0.6 is 11.8 Å². The minimum Gasteiger partial charge on any atom is -0.325 e. The molecule has 6 nitrogen and oxygen atoms in total. The number of aryl methyl sites for hydroxylation is 1. The number of Topliss-reactive ketones (excluding diaryl/α,β-unsaturated/α-hetero) is 1. The molecule has 2 aromatic rings. The molecule has 1 aliphatic rings. The van der Waals surface area contributed by atoms with Gasteiger partial charge in [0.05, 0.1) is 5.75 Å². The van der Waals surface area contributed by atoms with E-state index in [0.717, 1.165) is 36.8 Å². The summed E-state index contributed by atoms with van der Waals surface area (Å²) >= 11 is 1.41. The van der Waals surface area contributed by atoms with Gasteiger partial charge in [0.15, 0.2) is 10.9 Å². The van der Waals surface area contributed by atoms with Crippen molar-refractivity contribution in [1.29, 1.82) is 0 Å². The number of fused-ring (bicyclic) bond motifs is 1. The van der Waals surface area contributed by atoms with E-state index in [1.54, 1.807) is 24.3 Å². The van der Waals surface area contributed by atoms with E-state index < -0.39 is 0 Å². The first-order chi connectivity index (χ1) is 11.6. The van der Waals surface area contributed by atoms with Crippen molar-refractivity contribution in [2.45, 2.75) is 44.3 Å². The smallest absolute Gasteiger partial charge is 0.234 e. The summed E-state index contributed by atoms with van der Waals surface area (Å²) in [6.07, 6.45) is 4.46. The third kappa shape index (κ3) is 4.03. The van der Waals surface area contributed by atoms with E-state index >= 15 is 0 Å². The first-order valence-electron chi connectivity index (χ1n) is 8.09. The highest BCUT2D eigenvalue weighted by atomic mass is 32.2. The maximum Gasteiger partial charge on any atom is 0.234 e. The van der Waals surface area contributed by atoms with Gasteiger partial charge >= 0.3 is 0 Å². The predicted octanol–water partition coefficient (Wildman–Crippen LogP) is 2.94. The lowest BCUT2D eigenvalue weighted by Crippen LogP contribution is -2.15. The van der Waals surface area contributed by atoms with E-state index in [9.17, 15) is 9.59 Å². The molecule has 2 heterocycles. The first-order valence-corrected chi connectivity index (χ1v) is 9.08. The summed E-state index contributed by atoms with van der Waals surface area (Å²) in [6, 6.07) is 6.90. The molecule has 3 rings (SSSR count). The number of thioether (sulfide) groups is 1. The van der Waals surface area contributed by atoms with Crippen molar-refractivity contribution in [3.63, 3.8) is 0 Å². The normalized spacial score (nSPS) is 13.9. The molecular formula is C17H20N4O2S. The van der Waals surface area contributed by atoms with Crippen LogP contribution in [0.3, 0.4) is 0 Å². The highest BCUT2D eigenvalue weighted by Crippen LogP contribution is 2.22. The number of hydrogen-bond acceptors (Lipinski definition) is 5. The van der Waals surface area contributed by atoms with Crippen molar-refractivity contribution in [2.75, 3.05) is 11.1 Å². The summed E-state index contributed by atoms with van der Waals surface area (Å²) in [6.45, 7) is 2.45. The second-order valence-electron chi connectivity index (χ2n) is 5.83. The topological polar surface area (TPSA) is 76.9 Å². The molecule has 0 aliphatic carbocycles. The van der Waals surface area contributed by atoms with Crippen molar-refractivity contribution < 1.29 is 9.59 Å². The first kappa shape index (κ1) is 16.7. The maximum absolute atomic E-state index is 12.1. The fourth-order valence-corrected chi connectivity index (χ4v) is 3.46. The molecule has 0 atom stereocenters. The second-order valence-corrected chi connectivity index (χ2v) is 6.77. The Labute approximate surface area is 145 Å². The molecule has 1 N–H and O–H groups in total. The molecule has 0 radical (unpaired) electrons. The van der Waals surface area contributed by atoms with Gasteiger partial charge in [-0.1, -0.05) is 18.2 Å². The molecule has 0 fully saturated rings.